The standard InChI is InChI=1S/C14H18F2N2O.ClH/c1-9-8-18(6-5-13(9)17)14(19)7-10-11(15)3-2-4-12(10)16;/h2-4,9,13H,5-8,17H2,1H3;1H. The van der Waals surface area contributed by atoms with E-state index in [1.54, 1.807) is 4.90 Å². The maximum Gasteiger partial charge on any atom is 0.227 e. The van der Waals surface area contributed by atoms with Gasteiger partial charge in [-0.2, -0.15) is 0 Å². The molecule has 0 radical (unpaired) electrons. The Bertz CT molecular complexity index is 464. The maximum absolute atomic E-state index is 13.5. The number of piperidine rings is 1. The van der Waals surface area contributed by atoms with Crippen molar-refractivity contribution in [2.24, 2.45) is 11.7 Å². The Labute approximate surface area is 123 Å². The molecule has 1 heterocycles. The van der Waals surface area contributed by atoms with Crippen molar-refractivity contribution in [2.45, 2.75) is 25.8 Å². The summed E-state index contributed by atoms with van der Waals surface area (Å²) in [5.41, 5.74) is 5.73. The molecule has 1 aromatic rings. The molecule has 112 valence electrons. The van der Waals surface area contributed by atoms with Crippen molar-refractivity contribution in [1.29, 1.82) is 0 Å². The predicted octanol–water partition coefficient (Wildman–Crippen LogP) is 2.12. The van der Waals surface area contributed by atoms with Crippen molar-refractivity contribution in [2.75, 3.05) is 13.1 Å². The molecule has 0 aromatic heterocycles. The van der Waals surface area contributed by atoms with Crippen molar-refractivity contribution in [3.05, 3.63) is 35.4 Å². The van der Waals surface area contributed by atoms with Crippen LogP contribution in [-0.4, -0.2) is 29.9 Å². The quantitative estimate of drug-likeness (QED) is 0.910. The number of rotatable bonds is 2. The van der Waals surface area contributed by atoms with E-state index >= 15 is 0 Å². The fraction of sp³-hybridized carbons (Fsp3) is 0.500. The van der Waals surface area contributed by atoms with Crippen molar-refractivity contribution in [3.8, 4) is 0 Å². The van der Waals surface area contributed by atoms with E-state index < -0.39 is 11.6 Å². The molecule has 0 bridgehead atoms. The van der Waals surface area contributed by atoms with Crippen LogP contribution in [0.25, 0.3) is 0 Å². The van der Waals surface area contributed by atoms with Gasteiger partial charge in [0.25, 0.3) is 0 Å². The van der Waals surface area contributed by atoms with Crippen LogP contribution in [-0.2, 0) is 11.2 Å². The number of nitrogens with zero attached hydrogens (tertiary/aromatic N) is 1. The first-order valence-corrected chi connectivity index (χ1v) is 6.45. The Morgan fingerprint density at radius 1 is 1.40 bits per heavy atom. The van der Waals surface area contributed by atoms with Gasteiger partial charge in [-0.15, -0.1) is 12.4 Å². The third-order valence-corrected chi connectivity index (χ3v) is 3.71. The molecule has 1 aliphatic rings. The zero-order valence-electron chi connectivity index (χ0n) is 11.3. The van der Waals surface area contributed by atoms with Crippen LogP contribution in [0.5, 0.6) is 0 Å². The van der Waals surface area contributed by atoms with Crippen LogP contribution in [0.3, 0.4) is 0 Å². The normalized spacial score (nSPS) is 22.3. The smallest absolute Gasteiger partial charge is 0.227 e. The molecule has 20 heavy (non-hydrogen) atoms. The largest absolute Gasteiger partial charge is 0.342 e. The second-order valence-corrected chi connectivity index (χ2v) is 5.15. The molecule has 1 amide bonds. The molecule has 1 aliphatic heterocycles. The third kappa shape index (κ3) is 3.67. The fourth-order valence-corrected chi connectivity index (χ4v) is 2.35. The molecule has 3 nitrogen and oxygen atoms in total. The van der Waals surface area contributed by atoms with Crippen molar-refractivity contribution < 1.29 is 13.6 Å². The molecule has 0 saturated carbocycles. The monoisotopic (exact) mass is 304 g/mol. The molecule has 6 heteroatoms. The summed E-state index contributed by atoms with van der Waals surface area (Å²) >= 11 is 0. The van der Waals surface area contributed by atoms with Crippen LogP contribution in [0.2, 0.25) is 0 Å². The van der Waals surface area contributed by atoms with E-state index in [0.29, 0.717) is 13.1 Å². The molecular formula is C14H19ClF2N2O. The van der Waals surface area contributed by atoms with Gasteiger partial charge >= 0.3 is 0 Å². The lowest BCUT2D eigenvalue weighted by molar-refractivity contribution is -0.132. The Hall–Kier alpha value is -1.20. The average Bonchev–Trinajstić information content (AvgIpc) is 2.37. The molecule has 2 atom stereocenters. The van der Waals surface area contributed by atoms with E-state index in [1.807, 2.05) is 6.92 Å². The Kier molecular flexibility index (Phi) is 5.89. The number of carbonyl (C=O) groups is 1. The summed E-state index contributed by atoms with van der Waals surface area (Å²) in [6.45, 7) is 3.09. The number of hydrogen-bond acceptors (Lipinski definition) is 2. The Balaban J connectivity index is 0.00000200. The van der Waals surface area contributed by atoms with Crippen LogP contribution in [0.4, 0.5) is 8.78 Å². The molecule has 2 unspecified atom stereocenters. The van der Waals surface area contributed by atoms with E-state index in [1.165, 1.54) is 18.2 Å². The van der Waals surface area contributed by atoms with Crippen LogP contribution in [0.15, 0.2) is 18.2 Å². The number of carbonyl (C=O) groups excluding carboxylic acids is 1. The highest BCUT2D eigenvalue weighted by molar-refractivity contribution is 5.85. The molecule has 2 rings (SSSR count). The molecule has 0 aliphatic carbocycles. The Morgan fingerprint density at radius 3 is 2.55 bits per heavy atom. The number of amides is 1. The van der Waals surface area contributed by atoms with Crippen molar-refractivity contribution in [1.82, 2.24) is 4.90 Å². The van der Waals surface area contributed by atoms with Gasteiger partial charge in [0.15, 0.2) is 0 Å². The molecule has 1 fully saturated rings. The average molecular weight is 305 g/mol. The van der Waals surface area contributed by atoms with Gasteiger partial charge in [-0.3, -0.25) is 4.79 Å². The van der Waals surface area contributed by atoms with E-state index in [4.69, 9.17) is 5.73 Å². The first-order chi connectivity index (χ1) is 8.99. The number of halogens is 3. The van der Waals surface area contributed by atoms with Crippen molar-refractivity contribution >= 4 is 18.3 Å². The van der Waals surface area contributed by atoms with Gasteiger partial charge in [-0.25, -0.2) is 8.78 Å². The van der Waals surface area contributed by atoms with Crippen LogP contribution < -0.4 is 5.73 Å². The van der Waals surface area contributed by atoms with E-state index in [9.17, 15) is 13.6 Å². The summed E-state index contributed by atoms with van der Waals surface area (Å²) in [4.78, 5) is 13.7. The lowest BCUT2D eigenvalue weighted by Crippen LogP contribution is -2.48. The SMILES string of the molecule is CC1CN(C(=O)Cc2c(F)cccc2F)CCC1N.Cl. The highest BCUT2D eigenvalue weighted by Crippen LogP contribution is 2.18. The third-order valence-electron chi connectivity index (χ3n) is 3.71. The Morgan fingerprint density at radius 2 is 2.00 bits per heavy atom. The lowest BCUT2D eigenvalue weighted by atomic mass is 9.94. The minimum Gasteiger partial charge on any atom is -0.342 e. The first-order valence-electron chi connectivity index (χ1n) is 6.45. The number of likely N-dealkylation sites (tertiary alicyclic amines) is 1. The predicted molar refractivity (Wildman–Crippen MR) is 75.6 cm³/mol. The van der Waals surface area contributed by atoms with Crippen LogP contribution in [0, 0.1) is 17.6 Å². The summed E-state index contributed by atoms with van der Waals surface area (Å²) in [5, 5.41) is 0. The van der Waals surface area contributed by atoms with E-state index in [2.05, 4.69) is 0 Å². The second-order valence-electron chi connectivity index (χ2n) is 5.15. The highest BCUT2D eigenvalue weighted by atomic mass is 35.5. The summed E-state index contributed by atoms with van der Waals surface area (Å²) in [6, 6.07) is 3.72. The van der Waals surface area contributed by atoms with Gasteiger partial charge in [0.1, 0.15) is 11.6 Å². The highest BCUT2D eigenvalue weighted by Gasteiger charge is 2.27. The summed E-state index contributed by atoms with van der Waals surface area (Å²) in [5.74, 6) is -1.38. The van der Waals surface area contributed by atoms with Gasteiger partial charge in [0, 0.05) is 24.7 Å². The van der Waals surface area contributed by atoms with Crippen LogP contribution >= 0.6 is 12.4 Å². The van der Waals surface area contributed by atoms with E-state index in [0.717, 1.165) is 6.42 Å². The minimum atomic E-state index is -0.671. The van der Waals surface area contributed by atoms with Gasteiger partial charge < -0.3 is 10.6 Å². The summed E-state index contributed by atoms with van der Waals surface area (Å²) < 4.78 is 27.0. The molecule has 0 spiro atoms. The zero-order chi connectivity index (χ0) is 14.0. The number of hydrogen-bond donors (Lipinski definition) is 1. The summed E-state index contributed by atoms with van der Waals surface area (Å²) in [7, 11) is 0. The van der Waals surface area contributed by atoms with Gasteiger partial charge in [-0.1, -0.05) is 13.0 Å². The van der Waals surface area contributed by atoms with E-state index in [-0.39, 0.29) is 42.3 Å². The summed E-state index contributed by atoms with van der Waals surface area (Å²) in [6.07, 6.45) is 0.493. The second kappa shape index (κ2) is 6.99. The van der Waals surface area contributed by atoms with Gasteiger partial charge in [0.05, 0.1) is 6.42 Å². The minimum absolute atomic E-state index is 0. The van der Waals surface area contributed by atoms with Crippen LogP contribution in [0.1, 0.15) is 18.9 Å². The van der Waals surface area contributed by atoms with Gasteiger partial charge in [-0.05, 0) is 24.5 Å². The first kappa shape index (κ1) is 16.9. The molecule has 2 N–H and O–H groups in total. The lowest BCUT2D eigenvalue weighted by Gasteiger charge is -2.35. The fourth-order valence-electron chi connectivity index (χ4n) is 2.35. The molecule has 1 aromatic carbocycles. The molecular weight excluding hydrogens is 286 g/mol. The topological polar surface area (TPSA) is 46.3 Å². The maximum atomic E-state index is 13.5. The van der Waals surface area contributed by atoms with Crippen molar-refractivity contribution in [3.63, 3.8) is 0 Å². The molecule has 1 saturated heterocycles. The van der Waals surface area contributed by atoms with Gasteiger partial charge in [0.2, 0.25) is 5.91 Å². The zero-order valence-corrected chi connectivity index (χ0v) is 12.1. The number of benzene rings is 1. The number of nitrogens with two attached hydrogens (primary N) is 1.